The van der Waals surface area contributed by atoms with Crippen LogP contribution in [0.1, 0.15) is 17.3 Å². The Bertz CT molecular complexity index is 470. The molecule has 1 rings (SSSR count). The van der Waals surface area contributed by atoms with Gasteiger partial charge < -0.3 is 4.90 Å². The molecule has 0 spiro atoms. The first-order valence-electron chi connectivity index (χ1n) is 5.06. The molecule has 0 aromatic heterocycles. The molecule has 1 amide bonds. The lowest BCUT2D eigenvalue weighted by Gasteiger charge is -2.18. The van der Waals surface area contributed by atoms with Crippen molar-refractivity contribution in [2.24, 2.45) is 5.92 Å². The molecule has 1 unspecified atom stereocenters. The van der Waals surface area contributed by atoms with Gasteiger partial charge in [-0.15, -0.1) is 0 Å². The standard InChI is InChI=1S/C12H12BrFN2O/c1-8(6-15)7-16(2)12(17)10-5-9(13)3-4-11(10)14/h3-5,8H,7H2,1-2H3. The average Bonchev–Trinajstić information content (AvgIpc) is 2.31. The molecule has 0 heterocycles. The van der Waals surface area contributed by atoms with E-state index in [0.717, 1.165) is 0 Å². The summed E-state index contributed by atoms with van der Waals surface area (Å²) >= 11 is 3.19. The number of hydrogen-bond acceptors (Lipinski definition) is 2. The normalized spacial score (nSPS) is 11.7. The summed E-state index contributed by atoms with van der Waals surface area (Å²) < 4.78 is 14.1. The monoisotopic (exact) mass is 298 g/mol. The number of nitriles is 1. The van der Waals surface area contributed by atoms with Crippen LogP contribution in [0.4, 0.5) is 4.39 Å². The molecule has 17 heavy (non-hydrogen) atoms. The molecule has 0 bridgehead atoms. The van der Waals surface area contributed by atoms with Crippen LogP contribution in [-0.2, 0) is 0 Å². The molecule has 1 atom stereocenters. The number of carbonyl (C=O) groups is 1. The Morgan fingerprint density at radius 2 is 2.29 bits per heavy atom. The van der Waals surface area contributed by atoms with Gasteiger partial charge in [0, 0.05) is 18.1 Å². The summed E-state index contributed by atoms with van der Waals surface area (Å²) in [6.45, 7) is 1.99. The predicted molar refractivity (Wildman–Crippen MR) is 65.8 cm³/mol. The van der Waals surface area contributed by atoms with E-state index < -0.39 is 11.7 Å². The Balaban J connectivity index is 2.89. The van der Waals surface area contributed by atoms with Crippen molar-refractivity contribution in [2.45, 2.75) is 6.92 Å². The number of nitrogens with zero attached hydrogens (tertiary/aromatic N) is 2. The highest BCUT2D eigenvalue weighted by molar-refractivity contribution is 9.10. The van der Waals surface area contributed by atoms with Crippen molar-refractivity contribution >= 4 is 21.8 Å². The van der Waals surface area contributed by atoms with E-state index in [1.807, 2.05) is 6.07 Å². The summed E-state index contributed by atoms with van der Waals surface area (Å²) in [7, 11) is 1.55. The molecule has 0 aliphatic carbocycles. The van der Waals surface area contributed by atoms with Crippen LogP contribution < -0.4 is 0 Å². The van der Waals surface area contributed by atoms with Crippen LogP contribution in [0.25, 0.3) is 0 Å². The number of halogens is 2. The van der Waals surface area contributed by atoms with Crippen LogP contribution in [0, 0.1) is 23.1 Å². The first kappa shape index (κ1) is 13.7. The summed E-state index contributed by atoms with van der Waals surface area (Å²) in [5.41, 5.74) is 0.00650. The van der Waals surface area contributed by atoms with Gasteiger partial charge in [0.25, 0.3) is 5.91 Å². The minimum atomic E-state index is -0.560. The van der Waals surface area contributed by atoms with Gasteiger partial charge >= 0.3 is 0 Å². The highest BCUT2D eigenvalue weighted by atomic mass is 79.9. The van der Waals surface area contributed by atoms with Crippen LogP contribution in [0.5, 0.6) is 0 Å². The van der Waals surface area contributed by atoms with Crippen molar-refractivity contribution in [1.29, 1.82) is 5.26 Å². The van der Waals surface area contributed by atoms with Crippen molar-refractivity contribution < 1.29 is 9.18 Å². The predicted octanol–water partition coefficient (Wildman–Crippen LogP) is 2.82. The molecular formula is C12H12BrFN2O. The zero-order valence-electron chi connectivity index (χ0n) is 9.58. The molecule has 0 aliphatic rings. The molecule has 90 valence electrons. The summed E-state index contributed by atoms with van der Waals surface area (Å²) in [4.78, 5) is 13.3. The number of rotatable bonds is 3. The Labute approximate surface area is 108 Å². The third kappa shape index (κ3) is 3.53. The number of amides is 1. The number of benzene rings is 1. The summed E-state index contributed by atoms with van der Waals surface area (Å²) in [6, 6.07) is 6.23. The Kier molecular flexibility index (Phi) is 4.64. The van der Waals surface area contributed by atoms with Gasteiger partial charge in [-0.25, -0.2) is 4.39 Å². The molecule has 0 N–H and O–H groups in total. The van der Waals surface area contributed by atoms with E-state index in [9.17, 15) is 9.18 Å². The lowest BCUT2D eigenvalue weighted by atomic mass is 10.1. The lowest BCUT2D eigenvalue weighted by Crippen LogP contribution is -2.31. The second-order valence-electron chi connectivity index (χ2n) is 3.84. The SMILES string of the molecule is CC(C#N)CN(C)C(=O)c1cc(Br)ccc1F. The zero-order valence-corrected chi connectivity index (χ0v) is 11.2. The molecule has 0 aliphatic heterocycles. The maximum Gasteiger partial charge on any atom is 0.256 e. The Morgan fingerprint density at radius 3 is 2.88 bits per heavy atom. The molecule has 1 aromatic carbocycles. The minimum absolute atomic E-state index is 0.00650. The fourth-order valence-corrected chi connectivity index (χ4v) is 1.76. The minimum Gasteiger partial charge on any atom is -0.340 e. The van der Waals surface area contributed by atoms with Crippen LogP contribution >= 0.6 is 15.9 Å². The molecule has 0 saturated carbocycles. The van der Waals surface area contributed by atoms with Gasteiger partial charge in [-0.2, -0.15) is 5.26 Å². The Hall–Kier alpha value is -1.41. The lowest BCUT2D eigenvalue weighted by molar-refractivity contribution is 0.0780. The maximum absolute atomic E-state index is 13.5. The molecule has 5 heteroatoms. The smallest absolute Gasteiger partial charge is 0.256 e. The van der Waals surface area contributed by atoms with Crippen molar-refractivity contribution in [3.63, 3.8) is 0 Å². The largest absolute Gasteiger partial charge is 0.340 e. The summed E-state index contributed by atoms with van der Waals surface area (Å²) in [5, 5.41) is 8.67. The quantitative estimate of drug-likeness (QED) is 0.861. The third-order valence-electron chi connectivity index (χ3n) is 2.27. The van der Waals surface area contributed by atoms with Gasteiger partial charge in [0.2, 0.25) is 0 Å². The highest BCUT2D eigenvalue weighted by Gasteiger charge is 2.18. The van der Waals surface area contributed by atoms with E-state index >= 15 is 0 Å². The second-order valence-corrected chi connectivity index (χ2v) is 4.76. The van der Waals surface area contributed by atoms with Crippen molar-refractivity contribution in [3.05, 3.63) is 34.1 Å². The Morgan fingerprint density at radius 1 is 1.65 bits per heavy atom. The molecule has 0 radical (unpaired) electrons. The van der Waals surface area contributed by atoms with Gasteiger partial charge in [-0.05, 0) is 25.1 Å². The highest BCUT2D eigenvalue weighted by Crippen LogP contribution is 2.17. The fourth-order valence-electron chi connectivity index (χ4n) is 1.40. The molecule has 0 saturated heterocycles. The molecule has 3 nitrogen and oxygen atoms in total. The topological polar surface area (TPSA) is 44.1 Å². The van der Waals surface area contributed by atoms with Crippen molar-refractivity contribution in [2.75, 3.05) is 13.6 Å². The maximum atomic E-state index is 13.5. The van der Waals surface area contributed by atoms with Gasteiger partial charge in [-0.3, -0.25) is 4.79 Å². The van der Waals surface area contributed by atoms with E-state index in [0.29, 0.717) is 4.47 Å². The third-order valence-corrected chi connectivity index (χ3v) is 2.77. The first-order chi connectivity index (χ1) is 7.95. The number of carbonyl (C=O) groups excluding carboxylic acids is 1. The van der Waals surface area contributed by atoms with Crippen molar-refractivity contribution in [1.82, 2.24) is 4.90 Å². The van der Waals surface area contributed by atoms with E-state index in [-0.39, 0.29) is 18.0 Å². The van der Waals surface area contributed by atoms with Gasteiger partial charge in [0.15, 0.2) is 0 Å². The summed E-state index contributed by atoms with van der Waals surface area (Å²) in [5.74, 6) is -1.26. The molecule has 0 fully saturated rings. The van der Waals surface area contributed by atoms with Crippen LogP contribution in [0.15, 0.2) is 22.7 Å². The van der Waals surface area contributed by atoms with Crippen LogP contribution in [0.3, 0.4) is 0 Å². The summed E-state index contributed by atoms with van der Waals surface area (Å²) in [6.07, 6.45) is 0. The van der Waals surface area contributed by atoms with Gasteiger partial charge in [0.1, 0.15) is 5.82 Å². The first-order valence-corrected chi connectivity index (χ1v) is 5.85. The van der Waals surface area contributed by atoms with Crippen LogP contribution in [-0.4, -0.2) is 24.4 Å². The molecular weight excluding hydrogens is 287 g/mol. The van der Waals surface area contributed by atoms with E-state index in [1.54, 1.807) is 14.0 Å². The van der Waals surface area contributed by atoms with Crippen LogP contribution in [0.2, 0.25) is 0 Å². The van der Waals surface area contributed by atoms with E-state index in [2.05, 4.69) is 15.9 Å². The van der Waals surface area contributed by atoms with Gasteiger partial charge in [-0.1, -0.05) is 15.9 Å². The zero-order chi connectivity index (χ0) is 13.0. The number of hydrogen-bond donors (Lipinski definition) is 0. The van der Waals surface area contributed by atoms with E-state index in [4.69, 9.17) is 5.26 Å². The second kappa shape index (κ2) is 5.78. The fraction of sp³-hybridized carbons (Fsp3) is 0.333. The van der Waals surface area contributed by atoms with Crippen molar-refractivity contribution in [3.8, 4) is 6.07 Å². The molecule has 1 aromatic rings. The van der Waals surface area contributed by atoms with Gasteiger partial charge in [0.05, 0.1) is 17.6 Å². The average molecular weight is 299 g/mol. The van der Waals surface area contributed by atoms with E-state index in [1.165, 1.54) is 23.1 Å².